The van der Waals surface area contributed by atoms with E-state index in [2.05, 4.69) is 0 Å². The molecule has 0 atom stereocenters. The molecule has 0 heterocycles. The highest BCUT2D eigenvalue weighted by Gasteiger charge is 2.96. The third-order valence-corrected chi connectivity index (χ3v) is 5.99. The molecule has 0 unspecified atom stereocenters. The van der Waals surface area contributed by atoms with Crippen LogP contribution in [0.4, 0.5) is 74.6 Å². The summed E-state index contributed by atoms with van der Waals surface area (Å²) in [6.45, 7) is -3.51. The second-order valence-electron chi connectivity index (χ2n) is 6.29. The van der Waals surface area contributed by atoms with E-state index in [0.717, 1.165) is 0 Å². The van der Waals surface area contributed by atoms with Gasteiger partial charge in [-0.15, -0.1) is 0 Å². The topological polar surface area (TPSA) is 111 Å². The van der Waals surface area contributed by atoms with Crippen molar-refractivity contribution in [1.29, 1.82) is 0 Å². The van der Waals surface area contributed by atoms with Gasteiger partial charge < -0.3 is 11.3 Å². The van der Waals surface area contributed by atoms with E-state index in [1.807, 2.05) is 0 Å². The fourth-order valence-electron chi connectivity index (χ4n) is 1.99. The Kier molecular flexibility index (Phi) is 9.55. The molecule has 0 aromatic heterocycles. The van der Waals surface area contributed by atoms with Crippen LogP contribution in [0.15, 0.2) is 0 Å². The van der Waals surface area contributed by atoms with Crippen LogP contribution in [0.5, 0.6) is 0 Å². The van der Waals surface area contributed by atoms with Crippen LogP contribution in [-0.4, -0.2) is 83.9 Å². The zero-order chi connectivity index (χ0) is 29.1. The normalized spacial score (nSPS) is 15.6. The second-order valence-corrected chi connectivity index (χ2v) is 8.27. The van der Waals surface area contributed by atoms with Crippen LogP contribution in [0.2, 0.25) is 0 Å². The number of aliphatic carboxylic acids is 1. The Morgan fingerprint density at radius 3 is 1.17 bits per heavy atom. The lowest BCUT2D eigenvalue weighted by atomic mass is 9.91. The van der Waals surface area contributed by atoms with Gasteiger partial charge in [0.25, 0.3) is 10.0 Å². The molecule has 0 aliphatic rings. The van der Waals surface area contributed by atoms with Gasteiger partial charge in [0.2, 0.25) is 0 Å². The van der Waals surface area contributed by atoms with Crippen molar-refractivity contribution in [2.45, 2.75) is 53.9 Å². The van der Waals surface area contributed by atoms with E-state index in [9.17, 15) is 87.8 Å². The summed E-state index contributed by atoms with van der Waals surface area (Å²) in [7, 11) is -7.58. The molecule has 218 valence electrons. The van der Waals surface area contributed by atoms with Crippen molar-refractivity contribution in [3.05, 3.63) is 0 Å². The lowest BCUT2D eigenvalue weighted by Gasteiger charge is -2.42. The standard InChI is InChI=1S/C12H8F17NO4S.H3N/c1-2-30(3-4(31)32)35(33,34)12(28,29)10(23,24)8(19,20)6(15,16)5(13,14)7(17,18)9(21,22)11(25,26)27;/h2-3H2,1H3,(H,31,32);1H3/p+1. The molecule has 0 fully saturated rings. The minimum absolute atomic E-state index is 0. The highest BCUT2D eigenvalue weighted by Crippen LogP contribution is 2.64. The molecule has 0 aliphatic carbocycles. The zero-order valence-corrected chi connectivity index (χ0v) is 17.7. The predicted octanol–water partition coefficient (Wildman–Crippen LogP) is 5.07. The smallest absolute Gasteiger partial charge is 0.460 e. The number of carbonyl (C=O) groups is 1. The number of nitrogens with zero attached hydrogens (tertiary/aromatic N) is 1. The van der Waals surface area contributed by atoms with E-state index in [4.69, 9.17) is 5.11 Å². The minimum Gasteiger partial charge on any atom is -0.480 e. The molecule has 0 saturated carbocycles. The molecule has 0 aliphatic heterocycles. The van der Waals surface area contributed by atoms with Crippen molar-refractivity contribution < 1.29 is 93.0 Å². The Bertz CT molecular complexity index is 915. The average molecular weight is 603 g/mol. The average Bonchev–Trinajstić information content (AvgIpc) is 2.63. The molecule has 5 N–H and O–H groups in total. The Hall–Kier alpha value is -1.85. The summed E-state index contributed by atoms with van der Waals surface area (Å²) in [6.07, 6.45) is -7.92. The molecule has 0 radical (unpaired) electrons. The summed E-state index contributed by atoms with van der Waals surface area (Å²) in [5.74, 6) is -54.7. The molecule has 0 saturated heterocycles. The van der Waals surface area contributed by atoms with Crippen molar-refractivity contribution >= 4 is 16.0 Å². The van der Waals surface area contributed by atoms with Gasteiger partial charge in [0.1, 0.15) is 6.54 Å². The van der Waals surface area contributed by atoms with Crippen molar-refractivity contribution in [1.82, 2.24) is 10.5 Å². The van der Waals surface area contributed by atoms with Gasteiger partial charge in [-0.2, -0.15) is 78.9 Å². The number of hydrogen-bond donors (Lipinski definition) is 2. The summed E-state index contributed by atoms with van der Waals surface area (Å²) in [4.78, 5) is 10.4. The molecule has 6 nitrogen and oxygen atoms in total. The molecule has 0 spiro atoms. The van der Waals surface area contributed by atoms with Crippen LogP contribution in [0, 0.1) is 0 Å². The molecular weight excluding hydrogens is 591 g/mol. The van der Waals surface area contributed by atoms with Gasteiger partial charge in [-0.25, -0.2) is 8.42 Å². The molecular formula is C12H12F17N2O4S+. The second kappa shape index (κ2) is 9.47. The van der Waals surface area contributed by atoms with Crippen LogP contribution in [0.3, 0.4) is 0 Å². The molecule has 0 aromatic rings. The number of likely N-dealkylation sites (N-methyl/N-ethyl adjacent to an activating group) is 1. The van der Waals surface area contributed by atoms with Crippen molar-refractivity contribution in [2.75, 3.05) is 13.1 Å². The highest BCUT2D eigenvalue weighted by molar-refractivity contribution is 7.90. The Labute approximate surface area is 187 Å². The summed E-state index contributed by atoms with van der Waals surface area (Å²) in [5, 5.41) is 0.555. The number of halogens is 17. The van der Waals surface area contributed by atoms with Crippen LogP contribution >= 0.6 is 0 Å². The lowest BCUT2D eigenvalue weighted by Crippen LogP contribution is -2.75. The Morgan fingerprint density at radius 2 is 0.917 bits per heavy atom. The van der Waals surface area contributed by atoms with Crippen molar-refractivity contribution in [3.63, 3.8) is 0 Å². The third-order valence-electron chi connectivity index (χ3n) is 4.02. The van der Waals surface area contributed by atoms with Crippen molar-refractivity contribution in [2.24, 2.45) is 0 Å². The Balaban J connectivity index is 0. The van der Waals surface area contributed by atoms with Gasteiger partial charge in [0.15, 0.2) is 0 Å². The molecule has 0 rings (SSSR count). The number of carboxylic acid groups (broad SMARTS) is 1. The van der Waals surface area contributed by atoms with E-state index in [1.165, 1.54) is 0 Å². The summed E-state index contributed by atoms with van der Waals surface area (Å²) in [5.41, 5.74) is 0. The molecule has 0 amide bonds. The first-order valence-corrected chi connectivity index (χ1v) is 9.24. The predicted molar refractivity (Wildman–Crippen MR) is 80.5 cm³/mol. The number of sulfonamides is 1. The summed E-state index contributed by atoms with van der Waals surface area (Å²) >= 11 is 0. The van der Waals surface area contributed by atoms with Gasteiger partial charge in [-0.1, -0.05) is 6.92 Å². The largest absolute Gasteiger partial charge is 0.480 e. The molecule has 0 bridgehead atoms. The van der Waals surface area contributed by atoms with Gasteiger partial charge in [0, 0.05) is 6.54 Å². The van der Waals surface area contributed by atoms with Gasteiger partial charge in [-0.3, -0.25) is 4.79 Å². The number of alkyl halides is 17. The van der Waals surface area contributed by atoms with Crippen LogP contribution in [0.25, 0.3) is 0 Å². The maximum absolute atomic E-state index is 13.9. The van der Waals surface area contributed by atoms with Crippen LogP contribution in [-0.2, 0) is 14.8 Å². The van der Waals surface area contributed by atoms with Gasteiger partial charge >= 0.3 is 52.9 Å². The Morgan fingerprint density at radius 1 is 0.639 bits per heavy atom. The highest BCUT2D eigenvalue weighted by atomic mass is 32.2. The minimum atomic E-state index is -8.94. The molecule has 36 heavy (non-hydrogen) atoms. The summed E-state index contributed by atoms with van der Waals surface area (Å²) in [6, 6.07) is 0. The monoisotopic (exact) mass is 603 g/mol. The van der Waals surface area contributed by atoms with E-state index < -0.39 is 80.4 Å². The first-order valence-electron chi connectivity index (χ1n) is 7.80. The van der Waals surface area contributed by atoms with Crippen LogP contribution < -0.4 is 6.15 Å². The number of rotatable bonds is 11. The van der Waals surface area contributed by atoms with Crippen LogP contribution in [0.1, 0.15) is 6.92 Å². The van der Waals surface area contributed by atoms with E-state index >= 15 is 0 Å². The fraction of sp³-hybridized carbons (Fsp3) is 0.917. The van der Waals surface area contributed by atoms with Gasteiger partial charge in [0.05, 0.1) is 0 Å². The summed E-state index contributed by atoms with van der Waals surface area (Å²) < 4.78 is 245. The maximum Gasteiger partial charge on any atom is 0.460 e. The fourth-order valence-corrected chi connectivity index (χ4v) is 3.39. The first-order chi connectivity index (χ1) is 14.9. The number of quaternary nitrogens is 1. The van der Waals surface area contributed by atoms with E-state index in [0.29, 0.717) is 6.92 Å². The number of hydrogen-bond acceptors (Lipinski definition) is 3. The van der Waals surface area contributed by atoms with E-state index in [1.54, 1.807) is 0 Å². The first kappa shape index (κ1) is 36.3. The zero-order valence-electron chi connectivity index (χ0n) is 16.9. The third kappa shape index (κ3) is 4.62. The maximum atomic E-state index is 13.9. The number of carboxylic acids is 1. The SMILES string of the molecule is CCN(CC(=O)O)S(=O)(=O)C(F)(F)C(F)(F)C(F)(F)C(F)(F)C(F)(F)C(F)(F)C(F)(F)C(F)(F)F.[NH4+]. The molecule has 24 heteroatoms. The van der Waals surface area contributed by atoms with Gasteiger partial charge in [-0.05, 0) is 0 Å². The molecule has 0 aromatic carbocycles. The quantitative estimate of drug-likeness (QED) is 0.322. The lowest BCUT2D eigenvalue weighted by molar-refractivity contribution is -0.458. The van der Waals surface area contributed by atoms with E-state index in [-0.39, 0.29) is 6.15 Å². The van der Waals surface area contributed by atoms with Crippen molar-refractivity contribution in [3.8, 4) is 0 Å².